The third-order valence-electron chi connectivity index (χ3n) is 6.08. The molecular formula is C23H31N3O2S. The lowest BCUT2D eigenvalue weighted by Crippen LogP contribution is -2.44. The van der Waals surface area contributed by atoms with Gasteiger partial charge in [0.25, 0.3) is 0 Å². The number of nitrogens with one attached hydrogen (secondary N) is 1. The normalized spacial score (nSPS) is 18.8. The smallest absolute Gasteiger partial charge is 0.234 e. The standard InChI is InChI=1S/C23H31N3O2S/c1-28-20-7-5-18(6-8-20)21(26-11-3-2-4-12-26)15-24-23(27)17-25-13-9-22-19(16-25)10-14-29-22/h5-8,10,14,21H,2-4,9,11-13,15-17H2,1H3,(H,24,27). The van der Waals surface area contributed by atoms with Crippen molar-refractivity contribution in [2.24, 2.45) is 0 Å². The Hall–Kier alpha value is -1.89. The summed E-state index contributed by atoms with van der Waals surface area (Å²) in [6.45, 7) is 5.18. The molecule has 1 unspecified atom stereocenters. The Morgan fingerprint density at radius 3 is 2.69 bits per heavy atom. The molecule has 1 N–H and O–H groups in total. The minimum Gasteiger partial charge on any atom is -0.497 e. The van der Waals surface area contributed by atoms with Gasteiger partial charge in [-0.25, -0.2) is 0 Å². The van der Waals surface area contributed by atoms with Gasteiger partial charge in [0.1, 0.15) is 5.75 Å². The number of amides is 1. The molecule has 0 spiro atoms. The molecule has 1 amide bonds. The van der Waals surface area contributed by atoms with Crippen molar-refractivity contribution in [1.82, 2.24) is 15.1 Å². The van der Waals surface area contributed by atoms with E-state index >= 15 is 0 Å². The van der Waals surface area contributed by atoms with Crippen LogP contribution in [0.4, 0.5) is 0 Å². The SMILES string of the molecule is COc1ccc(C(CNC(=O)CN2CCc3sccc3C2)N2CCCCC2)cc1. The van der Waals surface area contributed by atoms with Gasteiger partial charge in [0.05, 0.1) is 19.7 Å². The number of benzene rings is 1. The average molecular weight is 414 g/mol. The predicted molar refractivity (Wildman–Crippen MR) is 117 cm³/mol. The lowest BCUT2D eigenvalue weighted by molar-refractivity contribution is -0.122. The van der Waals surface area contributed by atoms with Crippen molar-refractivity contribution in [2.45, 2.75) is 38.3 Å². The zero-order chi connectivity index (χ0) is 20.1. The number of likely N-dealkylation sites (tertiary alicyclic amines) is 1. The largest absolute Gasteiger partial charge is 0.497 e. The summed E-state index contributed by atoms with van der Waals surface area (Å²) < 4.78 is 5.31. The van der Waals surface area contributed by atoms with Crippen molar-refractivity contribution in [1.29, 1.82) is 0 Å². The number of ether oxygens (including phenoxy) is 1. The zero-order valence-electron chi connectivity index (χ0n) is 17.2. The first kappa shape index (κ1) is 20.4. The van der Waals surface area contributed by atoms with E-state index in [4.69, 9.17) is 4.74 Å². The fourth-order valence-electron chi connectivity index (χ4n) is 4.43. The number of carbonyl (C=O) groups is 1. The summed E-state index contributed by atoms with van der Waals surface area (Å²) in [6, 6.07) is 10.7. The minimum atomic E-state index is 0.124. The van der Waals surface area contributed by atoms with E-state index in [2.05, 4.69) is 38.7 Å². The van der Waals surface area contributed by atoms with Gasteiger partial charge >= 0.3 is 0 Å². The van der Waals surface area contributed by atoms with E-state index in [-0.39, 0.29) is 11.9 Å². The lowest BCUT2D eigenvalue weighted by atomic mass is 10.0. The summed E-state index contributed by atoms with van der Waals surface area (Å²) in [7, 11) is 1.69. The van der Waals surface area contributed by atoms with Crippen LogP contribution in [0.2, 0.25) is 0 Å². The first-order valence-corrected chi connectivity index (χ1v) is 11.5. The Bertz CT molecular complexity index is 799. The fraction of sp³-hybridized carbons (Fsp3) is 0.522. The predicted octanol–water partition coefficient (Wildman–Crippen LogP) is 3.46. The lowest BCUT2D eigenvalue weighted by Gasteiger charge is -2.35. The van der Waals surface area contributed by atoms with Gasteiger partial charge in [-0.05, 0) is 67.1 Å². The second kappa shape index (κ2) is 9.74. The number of rotatable bonds is 7. The van der Waals surface area contributed by atoms with Gasteiger partial charge in [-0.1, -0.05) is 18.6 Å². The monoisotopic (exact) mass is 413 g/mol. The molecule has 29 heavy (non-hydrogen) atoms. The number of piperidine rings is 1. The summed E-state index contributed by atoms with van der Waals surface area (Å²) in [5.41, 5.74) is 2.63. The van der Waals surface area contributed by atoms with E-state index in [9.17, 15) is 4.79 Å². The number of thiophene rings is 1. The Balaban J connectivity index is 1.36. The number of fused-ring (bicyclic) bond motifs is 1. The van der Waals surface area contributed by atoms with E-state index < -0.39 is 0 Å². The van der Waals surface area contributed by atoms with Gasteiger partial charge < -0.3 is 10.1 Å². The molecule has 4 rings (SSSR count). The Labute approximate surface area is 177 Å². The van der Waals surface area contributed by atoms with Crippen LogP contribution < -0.4 is 10.1 Å². The maximum Gasteiger partial charge on any atom is 0.234 e. The summed E-state index contributed by atoms with van der Waals surface area (Å²) in [5.74, 6) is 0.993. The van der Waals surface area contributed by atoms with Crippen LogP contribution in [-0.2, 0) is 17.8 Å². The molecule has 6 heteroatoms. The summed E-state index contributed by atoms with van der Waals surface area (Å²) >= 11 is 1.83. The van der Waals surface area contributed by atoms with Gasteiger partial charge in [0.2, 0.25) is 5.91 Å². The molecule has 2 aliphatic heterocycles. The molecule has 0 saturated carbocycles. The zero-order valence-corrected chi connectivity index (χ0v) is 18.0. The molecule has 3 heterocycles. The van der Waals surface area contributed by atoms with E-state index in [1.807, 2.05) is 23.5 Å². The fourth-order valence-corrected chi connectivity index (χ4v) is 5.31. The number of methoxy groups -OCH3 is 1. The van der Waals surface area contributed by atoms with Crippen LogP contribution in [-0.4, -0.2) is 55.5 Å². The van der Waals surface area contributed by atoms with Crippen molar-refractivity contribution in [3.8, 4) is 5.75 Å². The molecular weight excluding hydrogens is 382 g/mol. The first-order chi connectivity index (χ1) is 14.2. The molecule has 0 radical (unpaired) electrons. The highest BCUT2D eigenvalue weighted by atomic mass is 32.1. The van der Waals surface area contributed by atoms with Crippen LogP contribution in [0.1, 0.15) is 41.3 Å². The number of nitrogens with zero attached hydrogens (tertiary/aromatic N) is 2. The Kier molecular flexibility index (Phi) is 6.85. The maximum atomic E-state index is 12.7. The minimum absolute atomic E-state index is 0.124. The van der Waals surface area contributed by atoms with Crippen molar-refractivity contribution < 1.29 is 9.53 Å². The van der Waals surface area contributed by atoms with Crippen LogP contribution in [0.3, 0.4) is 0 Å². The van der Waals surface area contributed by atoms with E-state index in [0.717, 1.165) is 38.3 Å². The molecule has 5 nitrogen and oxygen atoms in total. The average Bonchev–Trinajstić information content (AvgIpc) is 3.23. The molecule has 2 aromatic rings. The van der Waals surface area contributed by atoms with Crippen LogP contribution in [0.25, 0.3) is 0 Å². The highest BCUT2D eigenvalue weighted by molar-refractivity contribution is 7.10. The van der Waals surface area contributed by atoms with Crippen LogP contribution in [0, 0.1) is 0 Å². The van der Waals surface area contributed by atoms with Crippen molar-refractivity contribution >= 4 is 17.2 Å². The van der Waals surface area contributed by atoms with Gasteiger partial charge in [0, 0.05) is 24.5 Å². The van der Waals surface area contributed by atoms with Gasteiger partial charge in [-0.2, -0.15) is 0 Å². The third kappa shape index (κ3) is 5.18. The van der Waals surface area contributed by atoms with Crippen LogP contribution in [0.5, 0.6) is 5.75 Å². The van der Waals surface area contributed by atoms with Crippen molar-refractivity contribution in [2.75, 3.05) is 39.8 Å². The van der Waals surface area contributed by atoms with Crippen molar-refractivity contribution in [3.63, 3.8) is 0 Å². The highest BCUT2D eigenvalue weighted by Gasteiger charge is 2.24. The maximum absolute atomic E-state index is 12.7. The summed E-state index contributed by atoms with van der Waals surface area (Å²) in [6.07, 6.45) is 4.83. The molecule has 1 aromatic heterocycles. The Morgan fingerprint density at radius 1 is 1.14 bits per heavy atom. The van der Waals surface area contributed by atoms with Crippen LogP contribution in [0.15, 0.2) is 35.7 Å². The summed E-state index contributed by atoms with van der Waals surface area (Å²) in [4.78, 5) is 18.9. The second-order valence-electron chi connectivity index (χ2n) is 8.02. The van der Waals surface area contributed by atoms with E-state index in [1.54, 1.807) is 7.11 Å². The quantitative estimate of drug-likeness (QED) is 0.755. The number of hydrogen-bond donors (Lipinski definition) is 1. The van der Waals surface area contributed by atoms with E-state index in [0.29, 0.717) is 13.1 Å². The van der Waals surface area contributed by atoms with Crippen LogP contribution >= 0.6 is 11.3 Å². The summed E-state index contributed by atoms with van der Waals surface area (Å²) in [5, 5.41) is 5.38. The molecule has 1 fully saturated rings. The van der Waals surface area contributed by atoms with Gasteiger partial charge in [0.15, 0.2) is 0 Å². The Morgan fingerprint density at radius 2 is 1.93 bits per heavy atom. The second-order valence-corrected chi connectivity index (χ2v) is 9.02. The molecule has 156 valence electrons. The number of carbonyl (C=O) groups excluding carboxylic acids is 1. The molecule has 2 aliphatic rings. The van der Waals surface area contributed by atoms with Gasteiger partial charge in [-0.15, -0.1) is 11.3 Å². The molecule has 0 bridgehead atoms. The molecule has 1 saturated heterocycles. The third-order valence-corrected chi connectivity index (χ3v) is 7.10. The first-order valence-electron chi connectivity index (χ1n) is 10.7. The van der Waals surface area contributed by atoms with Crippen molar-refractivity contribution in [3.05, 3.63) is 51.7 Å². The van der Waals surface area contributed by atoms with Gasteiger partial charge in [-0.3, -0.25) is 14.6 Å². The highest BCUT2D eigenvalue weighted by Crippen LogP contribution is 2.26. The number of hydrogen-bond acceptors (Lipinski definition) is 5. The molecule has 1 atom stereocenters. The molecule has 1 aromatic carbocycles. The van der Waals surface area contributed by atoms with E-state index in [1.165, 1.54) is 35.3 Å². The molecule has 0 aliphatic carbocycles. The topological polar surface area (TPSA) is 44.8 Å².